The molecule has 1 atom stereocenters. The van der Waals surface area contributed by atoms with Gasteiger partial charge in [0.05, 0.1) is 24.7 Å². The molecule has 0 saturated heterocycles. The summed E-state index contributed by atoms with van der Waals surface area (Å²) in [5.41, 5.74) is 0.830. The van der Waals surface area contributed by atoms with Gasteiger partial charge in [0, 0.05) is 36.1 Å². The Kier molecular flexibility index (Phi) is 8.98. The number of nitro benzene ring substituents is 1. The van der Waals surface area contributed by atoms with Gasteiger partial charge in [-0.1, -0.05) is 30.9 Å². The predicted molar refractivity (Wildman–Crippen MR) is 146 cm³/mol. The number of halogens is 1. The topological polar surface area (TPSA) is 124 Å². The molecule has 1 aliphatic rings. The average Bonchev–Trinajstić information content (AvgIpc) is 2.96. The van der Waals surface area contributed by atoms with E-state index in [9.17, 15) is 19.7 Å². The molecule has 39 heavy (non-hydrogen) atoms. The van der Waals surface area contributed by atoms with Crippen LogP contribution in [0, 0.1) is 10.1 Å². The molecule has 11 heteroatoms. The summed E-state index contributed by atoms with van der Waals surface area (Å²) in [4.78, 5) is 44.2. The van der Waals surface area contributed by atoms with Crippen LogP contribution in [0.4, 0.5) is 11.4 Å². The summed E-state index contributed by atoms with van der Waals surface area (Å²) in [6, 6.07) is 12.3. The Hall–Kier alpha value is -4.18. The molecule has 1 aliphatic carbocycles. The Morgan fingerprint density at radius 2 is 1.72 bits per heavy atom. The van der Waals surface area contributed by atoms with Gasteiger partial charge >= 0.3 is 0 Å². The molecule has 1 fully saturated rings. The average molecular weight is 553 g/mol. The number of non-ortho nitro benzene ring substituents is 1. The Morgan fingerprint density at radius 1 is 1.03 bits per heavy atom. The van der Waals surface area contributed by atoms with Crippen LogP contribution in [0.3, 0.4) is 0 Å². The van der Waals surface area contributed by atoms with Crippen LogP contribution >= 0.6 is 11.6 Å². The molecule has 0 aliphatic heterocycles. The lowest BCUT2D eigenvalue weighted by atomic mass is 9.94. The first-order chi connectivity index (χ1) is 18.8. The number of nitro groups is 1. The van der Waals surface area contributed by atoms with E-state index in [1.54, 1.807) is 18.2 Å². The molecule has 1 aromatic heterocycles. The minimum absolute atomic E-state index is 0.0358. The van der Waals surface area contributed by atoms with Gasteiger partial charge in [0.25, 0.3) is 11.6 Å². The zero-order chi connectivity index (χ0) is 27.9. The van der Waals surface area contributed by atoms with Crippen molar-refractivity contribution in [3.63, 3.8) is 0 Å². The summed E-state index contributed by atoms with van der Waals surface area (Å²) in [7, 11) is 2.97. The highest BCUT2D eigenvalue weighted by Crippen LogP contribution is 2.37. The van der Waals surface area contributed by atoms with Crippen molar-refractivity contribution in [2.45, 2.75) is 44.2 Å². The predicted octanol–water partition coefficient (Wildman–Crippen LogP) is 5.50. The number of anilines is 1. The quantitative estimate of drug-likeness (QED) is 0.211. The highest BCUT2D eigenvalue weighted by atomic mass is 35.5. The SMILES string of the molecule is COc1ccc(N(C(=O)c2ccc(Cl)nc2)C(C(=O)NC2CCCCC2)c2ccc([N+](=O)[O-])cc2)cc1OC. The number of aromatic nitrogens is 1. The van der Waals surface area contributed by atoms with Gasteiger partial charge < -0.3 is 14.8 Å². The summed E-state index contributed by atoms with van der Waals surface area (Å²) in [5, 5.41) is 14.6. The van der Waals surface area contributed by atoms with Gasteiger partial charge in [-0.15, -0.1) is 0 Å². The second kappa shape index (κ2) is 12.6. The largest absolute Gasteiger partial charge is 0.493 e. The van der Waals surface area contributed by atoms with Crippen molar-refractivity contribution in [3.8, 4) is 11.5 Å². The summed E-state index contributed by atoms with van der Waals surface area (Å²) in [6.45, 7) is 0. The number of amides is 2. The van der Waals surface area contributed by atoms with Gasteiger partial charge in [-0.3, -0.25) is 24.6 Å². The number of carbonyl (C=O) groups is 2. The normalized spacial score (nSPS) is 14.2. The molecule has 204 valence electrons. The number of hydrogen-bond acceptors (Lipinski definition) is 7. The standard InChI is InChI=1S/C28H29ClN4O6/c1-38-23-14-13-22(16-24(23)39-2)32(28(35)19-10-15-25(29)30-17-19)26(18-8-11-21(12-9-18)33(36)37)27(34)31-20-6-4-3-5-7-20/h8-17,20,26H,3-7H2,1-2H3,(H,31,34). The van der Waals surface area contributed by atoms with E-state index in [-0.39, 0.29) is 22.4 Å². The third kappa shape index (κ3) is 6.46. The number of benzene rings is 2. The van der Waals surface area contributed by atoms with Crippen molar-refractivity contribution in [3.05, 3.63) is 87.2 Å². The van der Waals surface area contributed by atoms with Crippen molar-refractivity contribution < 1.29 is 24.0 Å². The molecule has 10 nitrogen and oxygen atoms in total. The van der Waals surface area contributed by atoms with Gasteiger partial charge in [-0.2, -0.15) is 0 Å². The number of methoxy groups -OCH3 is 2. The van der Waals surface area contributed by atoms with E-state index in [4.69, 9.17) is 21.1 Å². The maximum absolute atomic E-state index is 14.1. The number of pyridine rings is 1. The third-order valence-corrected chi connectivity index (χ3v) is 6.94. The highest BCUT2D eigenvalue weighted by molar-refractivity contribution is 6.29. The molecule has 1 heterocycles. The van der Waals surface area contributed by atoms with E-state index in [2.05, 4.69) is 10.3 Å². The summed E-state index contributed by atoms with van der Waals surface area (Å²) in [6.07, 6.45) is 6.13. The van der Waals surface area contributed by atoms with Crippen molar-refractivity contribution in [1.82, 2.24) is 10.3 Å². The first-order valence-corrected chi connectivity index (χ1v) is 12.9. The van der Waals surface area contributed by atoms with Crippen LogP contribution in [0.5, 0.6) is 11.5 Å². The van der Waals surface area contributed by atoms with Crippen molar-refractivity contribution in [2.75, 3.05) is 19.1 Å². The Labute approximate surface area is 231 Å². The lowest BCUT2D eigenvalue weighted by Gasteiger charge is -2.33. The molecule has 3 aromatic rings. The van der Waals surface area contributed by atoms with Crippen LogP contribution < -0.4 is 19.7 Å². The number of nitrogens with one attached hydrogen (secondary N) is 1. The number of rotatable bonds is 9. The van der Waals surface area contributed by atoms with E-state index < -0.39 is 22.8 Å². The molecule has 4 rings (SSSR count). The molecule has 0 spiro atoms. The fourth-order valence-corrected chi connectivity index (χ4v) is 4.83. The van der Waals surface area contributed by atoms with Gasteiger partial charge in [0.15, 0.2) is 11.5 Å². The minimum Gasteiger partial charge on any atom is -0.493 e. The number of nitrogens with zero attached hydrogens (tertiary/aromatic N) is 3. The van der Waals surface area contributed by atoms with Crippen LogP contribution in [0.15, 0.2) is 60.8 Å². The summed E-state index contributed by atoms with van der Waals surface area (Å²) in [5.74, 6) is -0.119. The van der Waals surface area contributed by atoms with Crippen molar-refractivity contribution >= 4 is 34.8 Å². The molecule has 2 aromatic carbocycles. The third-order valence-electron chi connectivity index (χ3n) is 6.72. The first kappa shape index (κ1) is 27.8. The molecular formula is C28H29ClN4O6. The Bertz CT molecular complexity index is 1330. The van der Waals surface area contributed by atoms with Gasteiger partial charge in [0.2, 0.25) is 5.91 Å². The van der Waals surface area contributed by atoms with Crippen LogP contribution in [0.25, 0.3) is 0 Å². The monoisotopic (exact) mass is 552 g/mol. The molecule has 0 radical (unpaired) electrons. The maximum Gasteiger partial charge on any atom is 0.269 e. The van der Waals surface area contributed by atoms with Crippen LogP contribution in [-0.2, 0) is 4.79 Å². The summed E-state index contributed by atoms with van der Waals surface area (Å²) >= 11 is 5.96. The maximum atomic E-state index is 14.1. The van der Waals surface area contributed by atoms with Gasteiger partial charge in [0.1, 0.15) is 11.2 Å². The number of ether oxygens (including phenoxy) is 2. The van der Waals surface area contributed by atoms with E-state index >= 15 is 0 Å². The zero-order valence-electron chi connectivity index (χ0n) is 21.6. The first-order valence-electron chi connectivity index (χ1n) is 12.5. The van der Waals surface area contributed by atoms with Crippen LogP contribution in [0.1, 0.15) is 54.1 Å². The second-order valence-electron chi connectivity index (χ2n) is 9.18. The second-order valence-corrected chi connectivity index (χ2v) is 9.57. The van der Waals surface area contributed by atoms with Gasteiger partial charge in [-0.25, -0.2) is 4.98 Å². The van der Waals surface area contributed by atoms with Crippen molar-refractivity contribution in [2.24, 2.45) is 0 Å². The lowest BCUT2D eigenvalue weighted by molar-refractivity contribution is -0.384. The number of carbonyl (C=O) groups excluding carboxylic acids is 2. The van der Waals surface area contributed by atoms with E-state index in [0.29, 0.717) is 22.7 Å². The van der Waals surface area contributed by atoms with E-state index in [0.717, 1.165) is 32.1 Å². The Balaban J connectivity index is 1.86. The number of hydrogen-bond donors (Lipinski definition) is 1. The van der Waals surface area contributed by atoms with Crippen molar-refractivity contribution in [1.29, 1.82) is 0 Å². The summed E-state index contributed by atoms with van der Waals surface area (Å²) < 4.78 is 10.8. The van der Waals surface area contributed by atoms with E-state index in [1.807, 2.05) is 0 Å². The van der Waals surface area contributed by atoms with Gasteiger partial charge in [-0.05, 0) is 54.8 Å². The fraction of sp³-hybridized carbons (Fsp3) is 0.321. The van der Waals surface area contributed by atoms with E-state index in [1.165, 1.54) is 61.7 Å². The van der Waals surface area contributed by atoms with Crippen LogP contribution in [-0.4, -0.2) is 42.0 Å². The molecule has 1 unspecified atom stereocenters. The highest BCUT2D eigenvalue weighted by Gasteiger charge is 2.35. The molecule has 1 N–H and O–H groups in total. The lowest BCUT2D eigenvalue weighted by Crippen LogP contribution is -2.47. The smallest absolute Gasteiger partial charge is 0.269 e. The molecule has 2 amide bonds. The zero-order valence-corrected chi connectivity index (χ0v) is 22.4. The molecule has 0 bridgehead atoms. The minimum atomic E-state index is -1.16. The fourth-order valence-electron chi connectivity index (χ4n) is 4.72. The van der Waals surface area contributed by atoms with Crippen LogP contribution in [0.2, 0.25) is 5.15 Å². The molecule has 1 saturated carbocycles. The Morgan fingerprint density at radius 3 is 2.31 bits per heavy atom. The molecular weight excluding hydrogens is 524 g/mol.